The van der Waals surface area contributed by atoms with Crippen LogP contribution >= 0.6 is 0 Å². The number of fused-ring (bicyclic) bond motifs is 6. The van der Waals surface area contributed by atoms with Gasteiger partial charge in [0.25, 0.3) is 0 Å². The van der Waals surface area contributed by atoms with Gasteiger partial charge in [-0.15, -0.1) is 0 Å². The second kappa shape index (κ2) is 7.95. The molecule has 0 aliphatic heterocycles. The van der Waals surface area contributed by atoms with Crippen LogP contribution in [0.4, 0.5) is 0 Å². The number of ether oxygens (including phenoxy) is 2. The van der Waals surface area contributed by atoms with E-state index >= 15 is 0 Å². The van der Waals surface area contributed by atoms with E-state index in [1.807, 2.05) is 0 Å². The van der Waals surface area contributed by atoms with Gasteiger partial charge in [-0.05, 0) is 90.2 Å². The Kier molecular flexibility index (Phi) is 5.32. The van der Waals surface area contributed by atoms with Crippen LogP contribution in [0.2, 0.25) is 0 Å². The van der Waals surface area contributed by atoms with Crippen molar-refractivity contribution in [1.82, 2.24) is 0 Å². The molecule has 3 fully saturated rings. The van der Waals surface area contributed by atoms with Crippen molar-refractivity contribution in [3.05, 3.63) is 42.0 Å². The van der Waals surface area contributed by atoms with E-state index < -0.39 is 0 Å². The van der Waals surface area contributed by atoms with E-state index in [0.717, 1.165) is 35.8 Å². The Morgan fingerprint density at radius 2 is 1.69 bits per heavy atom. The second-order valence-electron chi connectivity index (χ2n) is 9.86. The van der Waals surface area contributed by atoms with E-state index in [-0.39, 0.29) is 6.29 Å². The molecule has 0 amide bonds. The summed E-state index contributed by atoms with van der Waals surface area (Å²) in [5.74, 6) is 5.21. The van der Waals surface area contributed by atoms with E-state index in [0.29, 0.717) is 12.0 Å². The van der Waals surface area contributed by atoms with Gasteiger partial charge >= 0.3 is 0 Å². The average Bonchev–Trinajstić information content (AvgIpc) is 3.46. The number of rotatable bonds is 7. The smallest absolute Gasteiger partial charge is 0.199 e. The van der Waals surface area contributed by atoms with Crippen LogP contribution in [0.15, 0.2) is 36.4 Å². The standard InChI is InChI=1S/C27H36O2/c1-4-17(3)18-9-10-20-14-22(12-11-19(20)13-18)28-27(5-2)29-26-16-21-15-25(26)24-8-6-7-23(21)24/h9-14,17,21,23-27H,4-8,15-16H2,1-3H3. The molecule has 7 unspecified atom stereocenters. The summed E-state index contributed by atoms with van der Waals surface area (Å²) in [5, 5.41) is 2.54. The summed E-state index contributed by atoms with van der Waals surface area (Å²) >= 11 is 0. The topological polar surface area (TPSA) is 18.5 Å². The predicted molar refractivity (Wildman–Crippen MR) is 119 cm³/mol. The summed E-state index contributed by atoms with van der Waals surface area (Å²) in [6, 6.07) is 13.3. The van der Waals surface area contributed by atoms with E-state index in [4.69, 9.17) is 9.47 Å². The summed E-state index contributed by atoms with van der Waals surface area (Å²) < 4.78 is 12.9. The van der Waals surface area contributed by atoms with Crippen molar-refractivity contribution in [2.75, 3.05) is 0 Å². The lowest BCUT2D eigenvalue weighted by Gasteiger charge is -2.33. The maximum absolute atomic E-state index is 6.56. The Morgan fingerprint density at radius 3 is 2.52 bits per heavy atom. The average molecular weight is 393 g/mol. The minimum Gasteiger partial charge on any atom is -0.465 e. The van der Waals surface area contributed by atoms with Gasteiger partial charge in [0.1, 0.15) is 5.75 Å². The quantitative estimate of drug-likeness (QED) is 0.460. The largest absolute Gasteiger partial charge is 0.465 e. The van der Waals surface area contributed by atoms with Crippen LogP contribution in [0.25, 0.3) is 10.8 Å². The Morgan fingerprint density at radius 1 is 0.897 bits per heavy atom. The molecule has 0 N–H and O–H groups in total. The van der Waals surface area contributed by atoms with E-state index in [1.54, 1.807) is 0 Å². The van der Waals surface area contributed by atoms with Gasteiger partial charge in [0, 0.05) is 6.42 Å². The minimum atomic E-state index is -0.129. The molecule has 3 aliphatic rings. The number of hydrogen-bond acceptors (Lipinski definition) is 2. The molecule has 0 radical (unpaired) electrons. The maximum Gasteiger partial charge on any atom is 0.199 e. The molecule has 2 nitrogen and oxygen atoms in total. The molecule has 156 valence electrons. The van der Waals surface area contributed by atoms with Gasteiger partial charge in [0.2, 0.25) is 0 Å². The summed E-state index contributed by atoms with van der Waals surface area (Å²) in [6.07, 6.45) is 9.39. The van der Waals surface area contributed by atoms with E-state index in [2.05, 4.69) is 57.2 Å². The molecule has 0 spiro atoms. The van der Waals surface area contributed by atoms with Gasteiger partial charge in [-0.3, -0.25) is 0 Å². The lowest BCUT2D eigenvalue weighted by atomic mass is 9.80. The molecule has 3 aliphatic carbocycles. The van der Waals surface area contributed by atoms with Crippen molar-refractivity contribution in [2.45, 2.75) is 84.0 Å². The zero-order chi connectivity index (χ0) is 20.0. The monoisotopic (exact) mass is 392 g/mol. The molecule has 2 aromatic carbocycles. The second-order valence-corrected chi connectivity index (χ2v) is 9.86. The van der Waals surface area contributed by atoms with Gasteiger partial charge < -0.3 is 9.47 Å². The third-order valence-electron chi connectivity index (χ3n) is 8.31. The van der Waals surface area contributed by atoms with Crippen LogP contribution < -0.4 is 4.74 Å². The fourth-order valence-electron chi connectivity index (χ4n) is 6.57. The molecule has 2 bridgehead atoms. The fourth-order valence-corrected chi connectivity index (χ4v) is 6.57. The molecule has 7 atom stereocenters. The van der Waals surface area contributed by atoms with Crippen molar-refractivity contribution in [1.29, 1.82) is 0 Å². The van der Waals surface area contributed by atoms with Crippen LogP contribution in [-0.4, -0.2) is 12.4 Å². The first-order valence-electron chi connectivity index (χ1n) is 12.0. The normalized spacial score (nSPS) is 32.4. The predicted octanol–water partition coefficient (Wildman–Crippen LogP) is 7.31. The molecule has 0 saturated heterocycles. The molecular weight excluding hydrogens is 356 g/mol. The third-order valence-corrected chi connectivity index (χ3v) is 8.31. The zero-order valence-corrected chi connectivity index (χ0v) is 18.3. The van der Waals surface area contributed by atoms with Crippen molar-refractivity contribution in [2.24, 2.45) is 23.7 Å². The van der Waals surface area contributed by atoms with Crippen LogP contribution in [0.5, 0.6) is 5.75 Å². The summed E-state index contributed by atoms with van der Waals surface area (Å²) in [4.78, 5) is 0. The first kappa shape index (κ1) is 19.4. The lowest BCUT2D eigenvalue weighted by molar-refractivity contribution is -0.143. The SMILES string of the molecule is CCC(Oc1ccc2cc(C(C)CC)ccc2c1)OC1CC2CC1C1CCCC21. The van der Waals surface area contributed by atoms with Gasteiger partial charge in [-0.2, -0.15) is 0 Å². The summed E-state index contributed by atoms with van der Waals surface area (Å²) in [5.41, 5.74) is 1.42. The number of benzene rings is 2. The summed E-state index contributed by atoms with van der Waals surface area (Å²) in [6.45, 7) is 6.72. The van der Waals surface area contributed by atoms with Crippen LogP contribution in [0.1, 0.15) is 77.2 Å². The van der Waals surface area contributed by atoms with Gasteiger partial charge in [-0.1, -0.05) is 51.5 Å². The van der Waals surface area contributed by atoms with Gasteiger partial charge in [0.05, 0.1) is 6.10 Å². The van der Waals surface area contributed by atoms with Crippen LogP contribution in [0, 0.1) is 23.7 Å². The Balaban J connectivity index is 1.26. The van der Waals surface area contributed by atoms with Crippen molar-refractivity contribution < 1.29 is 9.47 Å². The van der Waals surface area contributed by atoms with Crippen molar-refractivity contribution in [3.63, 3.8) is 0 Å². The van der Waals surface area contributed by atoms with Gasteiger partial charge in [-0.25, -0.2) is 0 Å². The third kappa shape index (κ3) is 3.58. The fraction of sp³-hybridized carbons (Fsp3) is 0.630. The lowest BCUT2D eigenvalue weighted by Crippen LogP contribution is -2.35. The molecule has 29 heavy (non-hydrogen) atoms. The highest BCUT2D eigenvalue weighted by Gasteiger charge is 2.54. The molecule has 5 rings (SSSR count). The maximum atomic E-state index is 6.56. The highest BCUT2D eigenvalue weighted by molar-refractivity contribution is 5.84. The summed E-state index contributed by atoms with van der Waals surface area (Å²) in [7, 11) is 0. The molecule has 3 saturated carbocycles. The molecular formula is C27H36O2. The minimum absolute atomic E-state index is 0.129. The Bertz CT molecular complexity index is 859. The molecule has 2 heteroatoms. The Hall–Kier alpha value is -1.54. The Labute approximate surface area is 176 Å². The molecule has 0 heterocycles. The first-order chi connectivity index (χ1) is 14.2. The van der Waals surface area contributed by atoms with Gasteiger partial charge in [0.15, 0.2) is 6.29 Å². The van der Waals surface area contributed by atoms with Crippen molar-refractivity contribution in [3.8, 4) is 5.75 Å². The van der Waals surface area contributed by atoms with E-state index in [9.17, 15) is 0 Å². The highest BCUT2D eigenvalue weighted by atomic mass is 16.7. The highest BCUT2D eigenvalue weighted by Crippen LogP contribution is 2.59. The molecule has 2 aromatic rings. The molecule has 0 aromatic heterocycles. The zero-order valence-electron chi connectivity index (χ0n) is 18.3. The van der Waals surface area contributed by atoms with E-state index in [1.165, 1.54) is 54.9 Å². The number of hydrogen-bond donors (Lipinski definition) is 0. The van der Waals surface area contributed by atoms with Crippen LogP contribution in [0.3, 0.4) is 0 Å². The first-order valence-corrected chi connectivity index (χ1v) is 12.0. The van der Waals surface area contributed by atoms with Crippen LogP contribution in [-0.2, 0) is 4.74 Å². The van der Waals surface area contributed by atoms with Crippen molar-refractivity contribution >= 4 is 10.8 Å².